The smallest absolute Gasteiger partial charge is 0.356 e. The average Bonchev–Trinajstić information content (AvgIpc) is 2.71. The van der Waals surface area contributed by atoms with Gasteiger partial charge in [-0.25, -0.2) is 22.9 Å². The van der Waals surface area contributed by atoms with E-state index in [1.54, 1.807) is 24.4 Å². The van der Waals surface area contributed by atoms with E-state index >= 15 is 0 Å². The third kappa shape index (κ3) is 3.25. The minimum Gasteiger partial charge on any atom is -0.476 e. The molecular formula is C11H14N4O4S. The number of hydrogen-bond donors (Lipinski definition) is 3. The number of carboxylic acids is 1. The second-order valence-corrected chi connectivity index (χ2v) is 5.97. The first-order chi connectivity index (χ1) is 9.38. The highest BCUT2D eigenvalue weighted by Crippen LogP contribution is 2.17. The Bertz CT molecular complexity index is 738. The van der Waals surface area contributed by atoms with E-state index < -0.39 is 16.0 Å². The van der Waals surface area contributed by atoms with E-state index in [0.29, 0.717) is 5.65 Å². The van der Waals surface area contributed by atoms with Crippen LogP contribution in [0.25, 0.3) is 5.65 Å². The molecule has 0 aromatic carbocycles. The van der Waals surface area contributed by atoms with E-state index in [1.165, 1.54) is 4.40 Å². The van der Waals surface area contributed by atoms with Gasteiger partial charge in [0, 0.05) is 19.3 Å². The number of carboxylic acid groups (broad SMARTS) is 1. The summed E-state index contributed by atoms with van der Waals surface area (Å²) in [6.07, 6.45) is 2.66. The molecule has 0 amide bonds. The maximum Gasteiger partial charge on any atom is 0.356 e. The first-order valence-electron chi connectivity index (χ1n) is 5.77. The number of imidazole rings is 1. The summed E-state index contributed by atoms with van der Waals surface area (Å²) in [5, 5.41) is 12.0. The number of aromatic nitrogens is 2. The average molecular weight is 298 g/mol. The molecule has 8 nitrogen and oxygen atoms in total. The summed E-state index contributed by atoms with van der Waals surface area (Å²) in [6, 6.07) is 5.14. The van der Waals surface area contributed by atoms with Crippen LogP contribution in [0.5, 0.6) is 0 Å². The van der Waals surface area contributed by atoms with Crippen LogP contribution in [0.3, 0.4) is 0 Å². The van der Waals surface area contributed by atoms with Crippen LogP contribution in [-0.4, -0.2) is 48.2 Å². The lowest BCUT2D eigenvalue weighted by atomic mass is 10.4. The van der Waals surface area contributed by atoms with Gasteiger partial charge >= 0.3 is 5.97 Å². The predicted octanol–water partition coefficient (Wildman–Crippen LogP) is -0.00640. The van der Waals surface area contributed by atoms with Crippen molar-refractivity contribution in [2.45, 2.75) is 0 Å². The fourth-order valence-corrected chi connectivity index (χ4v) is 2.21. The molecule has 0 radical (unpaired) electrons. The van der Waals surface area contributed by atoms with Crippen LogP contribution in [0.4, 0.5) is 5.82 Å². The molecule has 0 spiro atoms. The molecule has 0 aliphatic heterocycles. The Labute approximate surface area is 115 Å². The normalized spacial score (nSPS) is 11.7. The fourth-order valence-electron chi connectivity index (χ4n) is 1.74. The first-order valence-corrected chi connectivity index (χ1v) is 7.66. The molecule has 0 atom stereocenters. The molecule has 0 saturated heterocycles. The van der Waals surface area contributed by atoms with Gasteiger partial charge in [-0.05, 0) is 12.1 Å². The zero-order chi connectivity index (χ0) is 14.8. The summed E-state index contributed by atoms with van der Waals surface area (Å²) in [7, 11) is -3.26. The van der Waals surface area contributed by atoms with Crippen LogP contribution in [0.1, 0.15) is 10.5 Å². The fraction of sp³-hybridized carbons (Fsp3) is 0.273. The Morgan fingerprint density at radius 1 is 1.40 bits per heavy atom. The Kier molecular flexibility index (Phi) is 3.91. The zero-order valence-corrected chi connectivity index (χ0v) is 11.5. The lowest BCUT2D eigenvalue weighted by Crippen LogP contribution is -2.28. The van der Waals surface area contributed by atoms with Crippen LogP contribution in [0, 0.1) is 0 Å². The highest BCUT2D eigenvalue weighted by atomic mass is 32.2. The van der Waals surface area contributed by atoms with E-state index in [-0.39, 0.29) is 24.6 Å². The molecule has 0 aliphatic rings. The number of nitrogens with one attached hydrogen (secondary N) is 2. The van der Waals surface area contributed by atoms with Crippen molar-refractivity contribution in [3.8, 4) is 0 Å². The molecule has 0 unspecified atom stereocenters. The summed E-state index contributed by atoms with van der Waals surface area (Å²) in [4.78, 5) is 15.4. The molecule has 2 aromatic rings. The van der Waals surface area contributed by atoms with Crippen molar-refractivity contribution in [2.75, 3.05) is 24.7 Å². The molecule has 0 bridgehead atoms. The quantitative estimate of drug-likeness (QED) is 0.647. The maximum atomic E-state index is 11.3. The van der Waals surface area contributed by atoms with Gasteiger partial charge in [-0.15, -0.1) is 0 Å². The van der Waals surface area contributed by atoms with Gasteiger partial charge in [-0.3, -0.25) is 4.40 Å². The molecule has 2 heterocycles. The van der Waals surface area contributed by atoms with Gasteiger partial charge < -0.3 is 10.4 Å². The summed E-state index contributed by atoms with van der Waals surface area (Å²) in [5.41, 5.74) is 0.517. The number of carbonyl (C=O) groups is 1. The summed E-state index contributed by atoms with van der Waals surface area (Å²) in [5.74, 6) is -0.902. The van der Waals surface area contributed by atoms with Crippen molar-refractivity contribution in [1.29, 1.82) is 0 Å². The summed E-state index contributed by atoms with van der Waals surface area (Å²) < 4.78 is 25.6. The number of fused-ring (bicyclic) bond motifs is 1. The van der Waals surface area contributed by atoms with Crippen molar-refractivity contribution >= 4 is 27.5 Å². The molecule has 0 saturated carbocycles. The highest BCUT2D eigenvalue weighted by molar-refractivity contribution is 7.88. The monoisotopic (exact) mass is 298 g/mol. The van der Waals surface area contributed by atoms with Crippen LogP contribution in [0.2, 0.25) is 0 Å². The number of rotatable bonds is 6. The lowest BCUT2D eigenvalue weighted by Gasteiger charge is -2.05. The van der Waals surface area contributed by atoms with E-state index in [9.17, 15) is 18.3 Å². The van der Waals surface area contributed by atoms with Crippen LogP contribution < -0.4 is 10.0 Å². The molecular weight excluding hydrogens is 284 g/mol. The van der Waals surface area contributed by atoms with Gasteiger partial charge in [0.25, 0.3) is 0 Å². The van der Waals surface area contributed by atoms with Crippen LogP contribution in [0.15, 0.2) is 24.4 Å². The molecule has 2 rings (SSSR count). The number of sulfonamides is 1. The molecule has 108 valence electrons. The molecule has 0 aliphatic carbocycles. The number of hydrogen-bond acceptors (Lipinski definition) is 5. The van der Waals surface area contributed by atoms with Crippen molar-refractivity contribution in [3.05, 3.63) is 30.1 Å². The van der Waals surface area contributed by atoms with Gasteiger partial charge in [0.1, 0.15) is 5.65 Å². The Balaban J connectivity index is 2.17. The van der Waals surface area contributed by atoms with Crippen LogP contribution in [-0.2, 0) is 10.0 Å². The molecule has 20 heavy (non-hydrogen) atoms. The van der Waals surface area contributed by atoms with Gasteiger partial charge in [-0.1, -0.05) is 6.07 Å². The van der Waals surface area contributed by atoms with Crippen molar-refractivity contribution < 1.29 is 18.3 Å². The summed E-state index contributed by atoms with van der Waals surface area (Å²) in [6.45, 7) is 0.378. The Hall–Kier alpha value is -2.13. The van der Waals surface area contributed by atoms with Crippen molar-refractivity contribution in [2.24, 2.45) is 0 Å². The first kappa shape index (κ1) is 14.3. The SMILES string of the molecule is CS(=O)(=O)NCCNc1nc2ccccn2c1C(=O)O. The third-order valence-corrected chi connectivity index (χ3v) is 3.24. The standard InChI is InChI=1S/C11H14N4O4S/c1-20(18,19)13-6-5-12-10-9(11(16)17)15-7-3-2-4-8(15)14-10/h2-4,7,12-13H,5-6H2,1H3,(H,16,17). The molecule has 3 N–H and O–H groups in total. The van der Waals surface area contributed by atoms with Gasteiger partial charge in [-0.2, -0.15) is 0 Å². The molecule has 2 aromatic heterocycles. The van der Waals surface area contributed by atoms with E-state index in [4.69, 9.17) is 0 Å². The number of aromatic carboxylic acids is 1. The minimum atomic E-state index is -3.26. The highest BCUT2D eigenvalue weighted by Gasteiger charge is 2.17. The third-order valence-electron chi connectivity index (χ3n) is 2.51. The summed E-state index contributed by atoms with van der Waals surface area (Å²) >= 11 is 0. The molecule has 9 heteroatoms. The van der Waals surface area contributed by atoms with Gasteiger partial charge in [0.2, 0.25) is 10.0 Å². The largest absolute Gasteiger partial charge is 0.476 e. The molecule has 0 fully saturated rings. The van der Waals surface area contributed by atoms with E-state index in [1.807, 2.05) is 0 Å². The van der Waals surface area contributed by atoms with E-state index in [2.05, 4.69) is 15.0 Å². The minimum absolute atomic E-state index is 0.0138. The zero-order valence-electron chi connectivity index (χ0n) is 10.7. The van der Waals surface area contributed by atoms with E-state index in [0.717, 1.165) is 6.26 Å². The second kappa shape index (κ2) is 5.47. The van der Waals surface area contributed by atoms with Gasteiger partial charge in [0.15, 0.2) is 11.5 Å². The van der Waals surface area contributed by atoms with Crippen LogP contribution >= 0.6 is 0 Å². The van der Waals surface area contributed by atoms with Crippen molar-refractivity contribution in [1.82, 2.24) is 14.1 Å². The number of anilines is 1. The van der Waals surface area contributed by atoms with Crippen molar-refractivity contribution in [3.63, 3.8) is 0 Å². The maximum absolute atomic E-state index is 11.3. The Morgan fingerprint density at radius 2 is 2.15 bits per heavy atom. The predicted molar refractivity (Wildman–Crippen MR) is 73.5 cm³/mol. The lowest BCUT2D eigenvalue weighted by molar-refractivity contribution is 0.0690. The number of nitrogens with zero attached hydrogens (tertiary/aromatic N) is 2. The second-order valence-electron chi connectivity index (χ2n) is 4.14. The van der Waals surface area contributed by atoms with Gasteiger partial charge in [0.05, 0.1) is 6.26 Å². The Morgan fingerprint density at radius 3 is 2.80 bits per heavy atom. The number of pyridine rings is 1. The topological polar surface area (TPSA) is 113 Å².